The van der Waals surface area contributed by atoms with Crippen LogP contribution in [-0.2, 0) is 11.2 Å². The summed E-state index contributed by atoms with van der Waals surface area (Å²) in [6.07, 6.45) is 0.931. The fraction of sp³-hybridized carbons (Fsp3) is 0.167. The Morgan fingerprint density at radius 2 is 1.83 bits per heavy atom. The average Bonchev–Trinajstić information content (AvgIpc) is 3.16. The van der Waals surface area contributed by atoms with Crippen LogP contribution in [0.15, 0.2) is 77.3 Å². The molecule has 0 bridgehead atoms. The summed E-state index contributed by atoms with van der Waals surface area (Å²) >= 11 is 5.00. The minimum atomic E-state index is -0.154. The highest BCUT2D eigenvalue weighted by atomic mass is 79.9. The van der Waals surface area contributed by atoms with Crippen LogP contribution in [0.4, 0.5) is 11.4 Å². The van der Waals surface area contributed by atoms with Crippen molar-refractivity contribution in [2.75, 3.05) is 16.0 Å². The zero-order valence-corrected chi connectivity index (χ0v) is 18.9. The molecule has 0 radical (unpaired) electrons. The molecule has 4 rings (SSSR count). The fourth-order valence-corrected chi connectivity index (χ4v) is 4.85. The molecule has 2 amide bonds. The molecule has 30 heavy (non-hydrogen) atoms. The van der Waals surface area contributed by atoms with E-state index < -0.39 is 0 Å². The van der Waals surface area contributed by atoms with Crippen molar-refractivity contribution in [2.24, 2.45) is 0 Å². The zero-order valence-electron chi connectivity index (χ0n) is 16.5. The van der Waals surface area contributed by atoms with Gasteiger partial charge >= 0.3 is 0 Å². The van der Waals surface area contributed by atoms with E-state index in [1.807, 2.05) is 53.4 Å². The summed E-state index contributed by atoms with van der Waals surface area (Å²) in [7, 11) is 0. The van der Waals surface area contributed by atoms with Crippen LogP contribution in [0.1, 0.15) is 33.8 Å². The number of amides is 2. The van der Waals surface area contributed by atoms with Crippen molar-refractivity contribution in [2.45, 2.75) is 18.7 Å². The molecule has 1 heterocycles. The van der Waals surface area contributed by atoms with Crippen LogP contribution in [0.3, 0.4) is 0 Å². The van der Waals surface area contributed by atoms with Gasteiger partial charge in [-0.05, 0) is 66.1 Å². The van der Waals surface area contributed by atoms with E-state index >= 15 is 0 Å². The molecule has 152 valence electrons. The number of rotatable bonds is 5. The maximum atomic E-state index is 12.6. The van der Waals surface area contributed by atoms with Gasteiger partial charge in [0.2, 0.25) is 5.91 Å². The van der Waals surface area contributed by atoms with Gasteiger partial charge < -0.3 is 5.32 Å². The second-order valence-electron chi connectivity index (χ2n) is 7.03. The molecule has 0 saturated carbocycles. The first-order chi connectivity index (χ1) is 14.5. The van der Waals surface area contributed by atoms with Crippen LogP contribution in [0.2, 0.25) is 0 Å². The van der Waals surface area contributed by atoms with Gasteiger partial charge in [-0.1, -0.05) is 47.1 Å². The van der Waals surface area contributed by atoms with E-state index in [1.165, 1.54) is 5.56 Å². The van der Waals surface area contributed by atoms with E-state index in [0.29, 0.717) is 11.3 Å². The Bertz CT molecular complexity index is 1070. The molecule has 1 fully saturated rings. The van der Waals surface area contributed by atoms with Crippen molar-refractivity contribution in [3.05, 3.63) is 94.0 Å². The van der Waals surface area contributed by atoms with Gasteiger partial charge in [0, 0.05) is 21.4 Å². The van der Waals surface area contributed by atoms with Gasteiger partial charge in [0.25, 0.3) is 5.91 Å². The molecule has 1 atom stereocenters. The predicted molar refractivity (Wildman–Crippen MR) is 127 cm³/mol. The van der Waals surface area contributed by atoms with Crippen molar-refractivity contribution < 1.29 is 9.59 Å². The van der Waals surface area contributed by atoms with Crippen LogP contribution in [0, 0.1) is 0 Å². The number of hydrogen-bond donors (Lipinski definition) is 1. The molecule has 1 N–H and O–H groups in total. The Labute approximate surface area is 188 Å². The number of thioether (sulfide) groups is 1. The number of hydrogen-bond acceptors (Lipinski definition) is 3. The SMILES string of the molecule is CCc1cccc(N2C(=O)CSC2c2ccc(NC(=O)c3ccc(Br)cc3)cc2)c1. The third-order valence-electron chi connectivity index (χ3n) is 5.02. The summed E-state index contributed by atoms with van der Waals surface area (Å²) < 4.78 is 0.932. The second-order valence-corrected chi connectivity index (χ2v) is 9.02. The molecular weight excluding hydrogens is 460 g/mol. The predicted octanol–water partition coefficient (Wildman–Crippen LogP) is 6.04. The molecule has 1 saturated heterocycles. The number of carbonyl (C=O) groups is 2. The number of carbonyl (C=O) groups excluding carboxylic acids is 2. The summed E-state index contributed by atoms with van der Waals surface area (Å²) in [5.41, 5.74) is 4.50. The Balaban J connectivity index is 1.51. The quantitative estimate of drug-likeness (QED) is 0.483. The fourth-order valence-electron chi connectivity index (χ4n) is 3.41. The van der Waals surface area contributed by atoms with Crippen LogP contribution < -0.4 is 10.2 Å². The van der Waals surface area contributed by atoms with Crippen LogP contribution >= 0.6 is 27.7 Å². The minimum absolute atomic E-state index is 0.0687. The number of benzene rings is 3. The number of nitrogens with zero attached hydrogens (tertiary/aromatic N) is 1. The third-order valence-corrected chi connectivity index (χ3v) is 6.77. The summed E-state index contributed by atoms with van der Waals surface area (Å²) in [4.78, 5) is 26.9. The molecule has 3 aromatic rings. The summed E-state index contributed by atoms with van der Waals surface area (Å²) in [6, 6.07) is 23.1. The highest BCUT2D eigenvalue weighted by molar-refractivity contribution is 9.10. The van der Waals surface area contributed by atoms with E-state index in [1.54, 1.807) is 23.9 Å². The van der Waals surface area contributed by atoms with E-state index in [4.69, 9.17) is 0 Å². The lowest BCUT2D eigenvalue weighted by molar-refractivity contribution is -0.115. The molecule has 1 aliphatic heterocycles. The van der Waals surface area contributed by atoms with Crippen molar-refractivity contribution in [3.63, 3.8) is 0 Å². The molecule has 0 spiro atoms. The Kier molecular flexibility index (Phi) is 6.25. The summed E-state index contributed by atoms with van der Waals surface area (Å²) in [5, 5.41) is 2.85. The monoisotopic (exact) mass is 480 g/mol. The second kappa shape index (κ2) is 9.06. The summed E-state index contributed by atoms with van der Waals surface area (Å²) in [5.74, 6) is 0.424. The van der Waals surface area contributed by atoms with E-state index in [0.717, 1.165) is 27.8 Å². The van der Waals surface area contributed by atoms with E-state index in [-0.39, 0.29) is 17.2 Å². The number of anilines is 2. The molecule has 3 aromatic carbocycles. The summed E-state index contributed by atoms with van der Waals surface area (Å²) in [6.45, 7) is 2.11. The molecule has 4 nitrogen and oxygen atoms in total. The third kappa shape index (κ3) is 4.45. The van der Waals surface area contributed by atoms with Gasteiger partial charge in [-0.25, -0.2) is 0 Å². The Hall–Kier alpha value is -2.57. The first-order valence-electron chi connectivity index (χ1n) is 9.74. The Morgan fingerprint density at radius 3 is 2.53 bits per heavy atom. The Morgan fingerprint density at radius 1 is 1.10 bits per heavy atom. The molecule has 6 heteroatoms. The van der Waals surface area contributed by atoms with Gasteiger partial charge in [0.05, 0.1) is 5.75 Å². The lowest BCUT2D eigenvalue weighted by Crippen LogP contribution is -2.27. The van der Waals surface area contributed by atoms with Gasteiger partial charge in [0.1, 0.15) is 5.37 Å². The van der Waals surface area contributed by atoms with Crippen molar-refractivity contribution in [3.8, 4) is 0 Å². The number of nitrogens with one attached hydrogen (secondary N) is 1. The van der Waals surface area contributed by atoms with Crippen molar-refractivity contribution in [1.82, 2.24) is 0 Å². The topological polar surface area (TPSA) is 49.4 Å². The van der Waals surface area contributed by atoms with Crippen molar-refractivity contribution >= 4 is 50.9 Å². The lowest BCUT2D eigenvalue weighted by atomic mass is 10.1. The van der Waals surface area contributed by atoms with Crippen LogP contribution in [0.25, 0.3) is 0 Å². The highest BCUT2D eigenvalue weighted by Gasteiger charge is 2.34. The van der Waals surface area contributed by atoms with Crippen LogP contribution in [-0.4, -0.2) is 17.6 Å². The van der Waals surface area contributed by atoms with Gasteiger partial charge in [-0.15, -0.1) is 11.8 Å². The normalized spacial score (nSPS) is 16.0. The molecule has 1 unspecified atom stereocenters. The highest BCUT2D eigenvalue weighted by Crippen LogP contribution is 2.42. The average molecular weight is 481 g/mol. The smallest absolute Gasteiger partial charge is 0.255 e. The minimum Gasteiger partial charge on any atom is -0.322 e. The first-order valence-corrected chi connectivity index (χ1v) is 11.6. The van der Waals surface area contributed by atoms with Crippen molar-refractivity contribution in [1.29, 1.82) is 0 Å². The number of aryl methyl sites for hydroxylation is 1. The van der Waals surface area contributed by atoms with Gasteiger partial charge in [-0.2, -0.15) is 0 Å². The first kappa shape index (κ1) is 20.7. The maximum Gasteiger partial charge on any atom is 0.255 e. The molecule has 1 aliphatic rings. The standard InChI is InChI=1S/C24H21BrN2O2S/c1-2-16-4-3-5-21(14-16)27-22(28)15-30-24(27)18-8-12-20(13-9-18)26-23(29)17-6-10-19(25)11-7-17/h3-14,24H,2,15H2,1H3,(H,26,29). The molecule has 0 aliphatic carbocycles. The molecular formula is C24H21BrN2O2S. The number of halogens is 1. The van der Waals surface area contributed by atoms with Gasteiger partial charge in [0.15, 0.2) is 0 Å². The lowest BCUT2D eigenvalue weighted by Gasteiger charge is -2.25. The van der Waals surface area contributed by atoms with E-state index in [9.17, 15) is 9.59 Å². The largest absolute Gasteiger partial charge is 0.322 e. The maximum absolute atomic E-state index is 12.6. The molecule has 0 aromatic heterocycles. The zero-order chi connectivity index (χ0) is 21.1. The van der Waals surface area contributed by atoms with Gasteiger partial charge in [-0.3, -0.25) is 14.5 Å². The van der Waals surface area contributed by atoms with E-state index in [2.05, 4.69) is 40.3 Å². The van der Waals surface area contributed by atoms with Crippen LogP contribution in [0.5, 0.6) is 0 Å².